The number of hydrogen-bond donors (Lipinski definition) is 1. The first-order valence-electron chi connectivity index (χ1n) is 6.45. The smallest absolute Gasteiger partial charge is 0.270 e. The lowest BCUT2D eigenvalue weighted by Gasteiger charge is -2.06. The summed E-state index contributed by atoms with van der Waals surface area (Å²) in [6.45, 7) is 1.86. The molecule has 0 unspecified atom stereocenters. The van der Waals surface area contributed by atoms with Crippen molar-refractivity contribution in [3.8, 4) is 0 Å². The van der Waals surface area contributed by atoms with Crippen LogP contribution >= 0.6 is 11.6 Å². The average Bonchev–Trinajstić information content (AvgIpc) is 2.49. The summed E-state index contributed by atoms with van der Waals surface area (Å²) in [7, 11) is 0. The van der Waals surface area contributed by atoms with Crippen molar-refractivity contribution in [1.29, 1.82) is 0 Å². The van der Waals surface area contributed by atoms with Gasteiger partial charge in [0.25, 0.3) is 5.69 Å². The number of benzene rings is 2. The molecule has 0 spiro atoms. The Labute approximate surface area is 132 Å². The second-order valence-corrected chi connectivity index (χ2v) is 5.07. The molecule has 2 rings (SSSR count). The summed E-state index contributed by atoms with van der Waals surface area (Å²) in [5, 5.41) is 13.9. The van der Waals surface area contributed by atoms with Crippen LogP contribution in [0.2, 0.25) is 5.02 Å². The molecule has 0 radical (unpaired) electrons. The van der Waals surface area contributed by atoms with E-state index in [0.29, 0.717) is 16.3 Å². The van der Waals surface area contributed by atoms with Crippen LogP contribution < -0.4 is 5.32 Å². The molecule has 0 aliphatic rings. The van der Waals surface area contributed by atoms with Crippen molar-refractivity contribution in [3.05, 3.63) is 74.8 Å². The number of halogens is 1. The number of rotatable bonds is 4. The molecular formula is C16H13ClN2O3. The fourth-order valence-electron chi connectivity index (χ4n) is 1.82. The molecule has 1 amide bonds. The van der Waals surface area contributed by atoms with E-state index in [1.807, 2.05) is 13.0 Å². The largest absolute Gasteiger partial charge is 0.322 e. The van der Waals surface area contributed by atoms with E-state index in [9.17, 15) is 14.9 Å². The molecule has 0 fully saturated rings. The van der Waals surface area contributed by atoms with Crippen molar-refractivity contribution in [2.24, 2.45) is 0 Å². The highest BCUT2D eigenvalue weighted by Gasteiger charge is 2.05. The lowest BCUT2D eigenvalue weighted by molar-refractivity contribution is -0.384. The summed E-state index contributed by atoms with van der Waals surface area (Å²) in [4.78, 5) is 22.1. The summed E-state index contributed by atoms with van der Waals surface area (Å²) in [6, 6.07) is 11.3. The molecule has 112 valence electrons. The number of aryl methyl sites for hydroxylation is 1. The van der Waals surface area contributed by atoms with Gasteiger partial charge >= 0.3 is 0 Å². The van der Waals surface area contributed by atoms with Crippen molar-refractivity contribution in [2.45, 2.75) is 6.92 Å². The van der Waals surface area contributed by atoms with Crippen LogP contribution in [0.3, 0.4) is 0 Å². The van der Waals surface area contributed by atoms with Gasteiger partial charge in [-0.2, -0.15) is 0 Å². The molecule has 2 aromatic rings. The Hall–Kier alpha value is -2.66. The quantitative estimate of drug-likeness (QED) is 0.521. The maximum atomic E-state index is 11.9. The van der Waals surface area contributed by atoms with Crippen molar-refractivity contribution >= 4 is 35.0 Å². The van der Waals surface area contributed by atoms with Crippen LogP contribution in [0, 0.1) is 17.0 Å². The van der Waals surface area contributed by atoms with E-state index in [2.05, 4.69) is 5.32 Å². The molecule has 0 aliphatic carbocycles. The van der Waals surface area contributed by atoms with Gasteiger partial charge in [-0.1, -0.05) is 29.8 Å². The Balaban J connectivity index is 2.10. The third-order valence-corrected chi connectivity index (χ3v) is 3.20. The van der Waals surface area contributed by atoms with E-state index in [0.717, 1.165) is 5.56 Å². The fraction of sp³-hybridized carbons (Fsp3) is 0.0625. The first kappa shape index (κ1) is 15.7. The van der Waals surface area contributed by atoms with Crippen molar-refractivity contribution in [3.63, 3.8) is 0 Å². The second-order valence-electron chi connectivity index (χ2n) is 4.63. The molecule has 5 nitrogen and oxygen atoms in total. The van der Waals surface area contributed by atoms with Crippen LogP contribution in [0.25, 0.3) is 6.08 Å². The molecule has 0 saturated carbocycles. The maximum absolute atomic E-state index is 11.9. The molecule has 0 heterocycles. The normalized spacial score (nSPS) is 10.6. The molecule has 22 heavy (non-hydrogen) atoms. The van der Waals surface area contributed by atoms with Gasteiger partial charge in [0, 0.05) is 28.9 Å². The monoisotopic (exact) mass is 316 g/mol. The van der Waals surface area contributed by atoms with Gasteiger partial charge in [0.2, 0.25) is 5.91 Å². The van der Waals surface area contributed by atoms with Gasteiger partial charge in [0.05, 0.1) is 4.92 Å². The molecule has 0 aromatic heterocycles. The van der Waals surface area contributed by atoms with E-state index in [1.54, 1.807) is 24.3 Å². The number of nitro groups is 1. The number of nitrogens with one attached hydrogen (secondary N) is 1. The number of hydrogen-bond acceptors (Lipinski definition) is 3. The number of nitro benzene ring substituents is 1. The van der Waals surface area contributed by atoms with Gasteiger partial charge in [-0.3, -0.25) is 14.9 Å². The van der Waals surface area contributed by atoms with E-state index < -0.39 is 4.92 Å². The molecule has 6 heteroatoms. The minimum atomic E-state index is -0.479. The molecule has 0 aliphatic heterocycles. The van der Waals surface area contributed by atoms with Gasteiger partial charge < -0.3 is 5.32 Å². The molecule has 2 aromatic carbocycles. The number of amides is 1. The summed E-state index contributed by atoms with van der Waals surface area (Å²) in [5.41, 5.74) is 2.07. The summed E-state index contributed by atoms with van der Waals surface area (Å²) >= 11 is 5.89. The third-order valence-electron chi connectivity index (χ3n) is 2.97. The zero-order valence-electron chi connectivity index (χ0n) is 11.7. The van der Waals surface area contributed by atoms with Gasteiger partial charge in [-0.15, -0.1) is 0 Å². The first-order chi connectivity index (χ1) is 10.5. The highest BCUT2D eigenvalue weighted by Crippen LogP contribution is 2.20. The SMILES string of the molecule is Cc1ccc(Cl)cc1NC(=O)/C=C/c1cccc([N+](=O)[O-])c1. The van der Waals surface area contributed by atoms with Gasteiger partial charge in [0.1, 0.15) is 0 Å². The summed E-state index contributed by atoms with van der Waals surface area (Å²) in [6.07, 6.45) is 2.83. The average molecular weight is 317 g/mol. The number of anilines is 1. The maximum Gasteiger partial charge on any atom is 0.270 e. The second kappa shape index (κ2) is 6.87. The first-order valence-corrected chi connectivity index (χ1v) is 6.83. The molecule has 0 atom stereocenters. The topological polar surface area (TPSA) is 72.2 Å². The van der Waals surface area contributed by atoms with E-state index >= 15 is 0 Å². The van der Waals surface area contributed by atoms with Crippen LogP contribution in [-0.4, -0.2) is 10.8 Å². The predicted molar refractivity (Wildman–Crippen MR) is 86.9 cm³/mol. The molecule has 1 N–H and O–H groups in total. The van der Waals surface area contributed by atoms with Crippen molar-refractivity contribution in [1.82, 2.24) is 0 Å². The van der Waals surface area contributed by atoms with Gasteiger partial charge in [-0.05, 0) is 36.3 Å². The lowest BCUT2D eigenvalue weighted by Crippen LogP contribution is -2.08. The Morgan fingerprint density at radius 3 is 2.77 bits per heavy atom. The summed E-state index contributed by atoms with van der Waals surface area (Å²) < 4.78 is 0. The number of nitrogens with zero attached hydrogens (tertiary/aromatic N) is 1. The van der Waals surface area contributed by atoms with Crippen LogP contribution in [0.1, 0.15) is 11.1 Å². The van der Waals surface area contributed by atoms with Gasteiger partial charge in [-0.25, -0.2) is 0 Å². The van der Waals surface area contributed by atoms with Crippen molar-refractivity contribution < 1.29 is 9.72 Å². The lowest BCUT2D eigenvalue weighted by atomic mass is 10.2. The van der Waals surface area contributed by atoms with E-state index in [4.69, 9.17) is 11.6 Å². The molecule has 0 saturated heterocycles. The number of carbonyl (C=O) groups is 1. The minimum Gasteiger partial charge on any atom is -0.322 e. The number of non-ortho nitro benzene ring substituents is 1. The van der Waals surface area contributed by atoms with Crippen LogP contribution in [-0.2, 0) is 4.79 Å². The Morgan fingerprint density at radius 1 is 1.27 bits per heavy atom. The van der Waals surface area contributed by atoms with Crippen LogP contribution in [0.5, 0.6) is 0 Å². The Kier molecular flexibility index (Phi) is 4.91. The third kappa shape index (κ3) is 4.17. The zero-order valence-corrected chi connectivity index (χ0v) is 12.5. The molecular weight excluding hydrogens is 304 g/mol. The Bertz CT molecular complexity index is 757. The van der Waals surface area contributed by atoms with Crippen LogP contribution in [0.15, 0.2) is 48.5 Å². The van der Waals surface area contributed by atoms with Gasteiger partial charge in [0.15, 0.2) is 0 Å². The Morgan fingerprint density at radius 2 is 2.05 bits per heavy atom. The van der Waals surface area contributed by atoms with E-state index in [1.165, 1.54) is 24.3 Å². The number of carbonyl (C=O) groups excluding carboxylic acids is 1. The highest BCUT2D eigenvalue weighted by molar-refractivity contribution is 6.31. The van der Waals surface area contributed by atoms with Crippen molar-refractivity contribution in [2.75, 3.05) is 5.32 Å². The zero-order chi connectivity index (χ0) is 16.1. The standard InChI is InChI=1S/C16H13ClN2O3/c1-11-5-7-13(17)10-15(11)18-16(20)8-6-12-3-2-4-14(9-12)19(21)22/h2-10H,1H3,(H,18,20)/b8-6+. The fourth-order valence-corrected chi connectivity index (χ4v) is 1.99. The van der Waals surface area contributed by atoms with Crippen LogP contribution in [0.4, 0.5) is 11.4 Å². The molecule has 0 bridgehead atoms. The minimum absolute atomic E-state index is 0.0201. The summed E-state index contributed by atoms with van der Waals surface area (Å²) in [5.74, 6) is -0.336. The highest BCUT2D eigenvalue weighted by atomic mass is 35.5. The van der Waals surface area contributed by atoms with E-state index in [-0.39, 0.29) is 11.6 Å². The predicted octanol–water partition coefficient (Wildman–Crippen LogP) is 4.21.